The third-order valence-corrected chi connectivity index (χ3v) is 7.45. The fraction of sp³-hybridized carbons (Fsp3) is 0.600. The van der Waals surface area contributed by atoms with Crippen LogP contribution in [0, 0.1) is 6.92 Å². The van der Waals surface area contributed by atoms with E-state index in [9.17, 15) is 18.0 Å². The molecule has 1 N–H and O–H groups in total. The van der Waals surface area contributed by atoms with Crippen LogP contribution in [0.3, 0.4) is 0 Å². The molecule has 0 atom stereocenters. The summed E-state index contributed by atoms with van der Waals surface area (Å²) >= 11 is 0. The average Bonchev–Trinajstić information content (AvgIpc) is 3.20. The summed E-state index contributed by atoms with van der Waals surface area (Å²) < 4.78 is 32.5. The normalized spacial score (nSPS) is 18.8. The van der Waals surface area contributed by atoms with Crippen molar-refractivity contribution in [2.45, 2.75) is 62.8 Å². The second kappa shape index (κ2) is 9.05. The second-order valence-corrected chi connectivity index (χ2v) is 9.48. The molecule has 0 spiro atoms. The van der Waals surface area contributed by atoms with Gasteiger partial charge in [0.15, 0.2) is 6.61 Å². The van der Waals surface area contributed by atoms with Crippen LogP contribution in [0.5, 0.6) is 0 Å². The Morgan fingerprint density at radius 3 is 2.46 bits per heavy atom. The van der Waals surface area contributed by atoms with Crippen LogP contribution in [0.25, 0.3) is 0 Å². The zero-order valence-corrected chi connectivity index (χ0v) is 17.1. The van der Waals surface area contributed by atoms with Gasteiger partial charge in [0.2, 0.25) is 10.0 Å². The summed E-state index contributed by atoms with van der Waals surface area (Å²) in [6.45, 7) is 2.34. The molecule has 1 amide bonds. The topological polar surface area (TPSA) is 92.8 Å². The molecule has 1 heterocycles. The molecule has 1 aliphatic carbocycles. The number of esters is 1. The van der Waals surface area contributed by atoms with Crippen LogP contribution < -0.4 is 5.32 Å². The number of carbonyl (C=O) groups excluding carboxylic acids is 2. The van der Waals surface area contributed by atoms with Crippen LogP contribution in [0.4, 0.5) is 0 Å². The van der Waals surface area contributed by atoms with Gasteiger partial charge < -0.3 is 10.1 Å². The van der Waals surface area contributed by atoms with E-state index in [4.69, 9.17) is 4.74 Å². The van der Waals surface area contributed by atoms with Gasteiger partial charge >= 0.3 is 5.97 Å². The van der Waals surface area contributed by atoms with Gasteiger partial charge in [-0.15, -0.1) is 0 Å². The molecule has 2 fully saturated rings. The van der Waals surface area contributed by atoms with Crippen molar-refractivity contribution < 1.29 is 22.7 Å². The molecule has 7 nitrogen and oxygen atoms in total. The molecule has 28 heavy (non-hydrogen) atoms. The van der Waals surface area contributed by atoms with E-state index in [1.165, 1.54) is 16.4 Å². The van der Waals surface area contributed by atoms with E-state index in [0.29, 0.717) is 18.7 Å². The van der Waals surface area contributed by atoms with E-state index < -0.39 is 16.0 Å². The smallest absolute Gasteiger partial charge is 0.338 e. The van der Waals surface area contributed by atoms with Crippen molar-refractivity contribution in [2.75, 3.05) is 19.7 Å². The highest BCUT2D eigenvalue weighted by atomic mass is 32.2. The highest BCUT2D eigenvalue weighted by Gasteiger charge is 2.28. The number of sulfonamides is 1. The summed E-state index contributed by atoms with van der Waals surface area (Å²) in [5.41, 5.74) is 0.718. The first-order valence-electron chi connectivity index (χ1n) is 9.95. The lowest BCUT2D eigenvalue weighted by Gasteiger charge is -2.26. The molecule has 1 saturated carbocycles. The highest BCUT2D eigenvalue weighted by Crippen LogP contribution is 2.24. The quantitative estimate of drug-likeness (QED) is 0.730. The first kappa shape index (κ1) is 20.8. The number of benzene rings is 1. The molecule has 1 aromatic carbocycles. The van der Waals surface area contributed by atoms with E-state index in [1.54, 1.807) is 13.0 Å². The molecule has 0 unspecified atom stereocenters. The lowest BCUT2D eigenvalue weighted by molar-refractivity contribution is -0.124. The second-order valence-electron chi connectivity index (χ2n) is 7.57. The number of nitrogens with one attached hydrogen (secondary N) is 1. The van der Waals surface area contributed by atoms with Crippen molar-refractivity contribution in [3.8, 4) is 0 Å². The van der Waals surface area contributed by atoms with Crippen LogP contribution in [0.15, 0.2) is 23.1 Å². The van der Waals surface area contributed by atoms with Crippen molar-refractivity contribution in [2.24, 2.45) is 0 Å². The van der Waals surface area contributed by atoms with Crippen LogP contribution in [0.2, 0.25) is 0 Å². The van der Waals surface area contributed by atoms with Gasteiger partial charge in [-0.3, -0.25) is 4.79 Å². The standard InChI is InChI=1S/C20H28N2O5S/c1-15-9-10-16(13-18(15)28(25,26)22-11-5-2-6-12-22)20(24)27-14-19(23)21-17-7-3-4-8-17/h9-10,13,17H,2-8,11-12,14H2,1H3,(H,21,23). The number of hydrogen-bond acceptors (Lipinski definition) is 5. The third kappa shape index (κ3) is 4.91. The SMILES string of the molecule is Cc1ccc(C(=O)OCC(=O)NC2CCCC2)cc1S(=O)(=O)N1CCCCC1. The first-order chi connectivity index (χ1) is 13.4. The minimum Gasteiger partial charge on any atom is -0.452 e. The average molecular weight is 409 g/mol. The fourth-order valence-corrected chi connectivity index (χ4v) is 5.57. The molecule has 0 bridgehead atoms. The predicted molar refractivity (Wildman–Crippen MR) is 104 cm³/mol. The summed E-state index contributed by atoms with van der Waals surface area (Å²) in [4.78, 5) is 24.4. The highest BCUT2D eigenvalue weighted by molar-refractivity contribution is 7.89. The Bertz CT molecular complexity index is 825. The van der Waals surface area contributed by atoms with Gasteiger partial charge in [-0.05, 0) is 50.3 Å². The van der Waals surface area contributed by atoms with E-state index in [2.05, 4.69) is 5.32 Å². The third-order valence-electron chi connectivity index (χ3n) is 5.41. The Balaban J connectivity index is 1.66. The molecular weight excluding hydrogens is 380 g/mol. The largest absolute Gasteiger partial charge is 0.452 e. The van der Waals surface area contributed by atoms with Crippen molar-refractivity contribution in [3.63, 3.8) is 0 Å². The zero-order valence-electron chi connectivity index (χ0n) is 16.3. The van der Waals surface area contributed by atoms with Crippen molar-refractivity contribution in [1.82, 2.24) is 9.62 Å². The molecule has 1 aliphatic heterocycles. The number of nitrogens with zero attached hydrogens (tertiary/aromatic N) is 1. The predicted octanol–water partition coefficient (Wildman–Crippen LogP) is 2.39. The molecule has 154 valence electrons. The Morgan fingerprint density at radius 2 is 1.79 bits per heavy atom. The van der Waals surface area contributed by atoms with E-state index in [-0.39, 0.29) is 29.0 Å². The van der Waals surface area contributed by atoms with E-state index in [1.807, 2.05) is 0 Å². The summed E-state index contributed by atoms with van der Waals surface area (Å²) in [5.74, 6) is -1.02. The van der Waals surface area contributed by atoms with Gasteiger partial charge in [0, 0.05) is 19.1 Å². The number of aryl methyl sites for hydroxylation is 1. The van der Waals surface area contributed by atoms with E-state index in [0.717, 1.165) is 44.9 Å². The molecule has 2 aliphatic rings. The summed E-state index contributed by atoms with van der Waals surface area (Å²) in [7, 11) is -3.65. The maximum Gasteiger partial charge on any atom is 0.338 e. The first-order valence-corrected chi connectivity index (χ1v) is 11.4. The maximum atomic E-state index is 13.0. The number of piperidine rings is 1. The van der Waals surface area contributed by atoms with Gasteiger partial charge in [0.1, 0.15) is 0 Å². The molecule has 0 radical (unpaired) electrons. The molecule has 3 rings (SSSR count). The molecule has 1 saturated heterocycles. The number of hydrogen-bond donors (Lipinski definition) is 1. The summed E-state index contributed by atoms with van der Waals surface area (Å²) in [5, 5.41) is 2.85. The van der Waals surface area contributed by atoms with Gasteiger partial charge in [0.25, 0.3) is 5.91 Å². The maximum absolute atomic E-state index is 13.0. The molecule has 1 aromatic rings. The lowest BCUT2D eigenvalue weighted by atomic mass is 10.1. The van der Waals surface area contributed by atoms with Gasteiger partial charge in [-0.2, -0.15) is 4.31 Å². The Morgan fingerprint density at radius 1 is 1.11 bits per heavy atom. The summed E-state index contributed by atoms with van der Waals surface area (Å²) in [6, 6.07) is 4.65. The Hall–Kier alpha value is -1.93. The number of carbonyl (C=O) groups is 2. The van der Waals surface area contributed by atoms with Crippen LogP contribution in [-0.4, -0.2) is 50.3 Å². The number of rotatable bonds is 6. The molecule has 8 heteroatoms. The number of amides is 1. The fourth-order valence-electron chi connectivity index (χ4n) is 3.80. The summed E-state index contributed by atoms with van der Waals surface area (Å²) in [6.07, 6.45) is 6.82. The van der Waals surface area contributed by atoms with Crippen LogP contribution in [-0.2, 0) is 19.6 Å². The van der Waals surface area contributed by atoms with Crippen LogP contribution >= 0.6 is 0 Å². The van der Waals surface area contributed by atoms with Crippen LogP contribution in [0.1, 0.15) is 60.9 Å². The Kier molecular flexibility index (Phi) is 6.72. The zero-order chi connectivity index (χ0) is 20.1. The minimum absolute atomic E-state index is 0.124. The Labute approximate surface area is 166 Å². The van der Waals surface area contributed by atoms with E-state index >= 15 is 0 Å². The van der Waals surface area contributed by atoms with Gasteiger partial charge in [-0.1, -0.05) is 25.3 Å². The van der Waals surface area contributed by atoms with Crippen molar-refractivity contribution in [3.05, 3.63) is 29.3 Å². The van der Waals surface area contributed by atoms with Gasteiger partial charge in [-0.25, -0.2) is 13.2 Å². The molecule has 0 aromatic heterocycles. The van der Waals surface area contributed by atoms with Crippen molar-refractivity contribution in [1.29, 1.82) is 0 Å². The van der Waals surface area contributed by atoms with Gasteiger partial charge in [0.05, 0.1) is 10.5 Å². The lowest BCUT2D eigenvalue weighted by Crippen LogP contribution is -2.36. The number of ether oxygens (including phenoxy) is 1. The molecular formula is C20H28N2O5S. The minimum atomic E-state index is -3.65. The monoisotopic (exact) mass is 408 g/mol. The van der Waals surface area contributed by atoms with Crippen molar-refractivity contribution >= 4 is 21.9 Å².